The number of amides is 1. The summed E-state index contributed by atoms with van der Waals surface area (Å²) in [5.74, 6) is 1.97. The molecule has 1 aromatic carbocycles. The maximum absolute atomic E-state index is 11.9. The Balaban J connectivity index is 1.82. The molecule has 1 unspecified atom stereocenters. The van der Waals surface area contributed by atoms with Gasteiger partial charge in [0.1, 0.15) is 13.2 Å². The molecular formula is C16H24N2O3. The van der Waals surface area contributed by atoms with Crippen molar-refractivity contribution >= 4 is 11.6 Å². The fourth-order valence-electron chi connectivity index (χ4n) is 2.38. The minimum Gasteiger partial charge on any atom is -0.486 e. The zero-order valence-corrected chi connectivity index (χ0v) is 12.9. The van der Waals surface area contributed by atoms with Crippen molar-refractivity contribution in [1.29, 1.82) is 0 Å². The number of hydrogen-bond donors (Lipinski definition) is 2. The molecular weight excluding hydrogens is 268 g/mol. The number of anilines is 1. The molecule has 5 heteroatoms. The molecule has 0 aliphatic carbocycles. The molecule has 1 aliphatic heterocycles. The Labute approximate surface area is 126 Å². The smallest absolute Gasteiger partial charge is 0.238 e. The van der Waals surface area contributed by atoms with E-state index in [1.807, 2.05) is 12.1 Å². The van der Waals surface area contributed by atoms with E-state index in [2.05, 4.69) is 31.4 Å². The van der Waals surface area contributed by atoms with Gasteiger partial charge in [-0.2, -0.15) is 0 Å². The molecule has 0 saturated carbocycles. The highest BCUT2D eigenvalue weighted by molar-refractivity contribution is 5.92. The first-order valence-electron chi connectivity index (χ1n) is 7.47. The molecule has 21 heavy (non-hydrogen) atoms. The Morgan fingerprint density at radius 2 is 1.90 bits per heavy atom. The van der Waals surface area contributed by atoms with E-state index in [4.69, 9.17) is 9.47 Å². The number of carbonyl (C=O) groups excluding carboxylic acids is 1. The van der Waals surface area contributed by atoms with Crippen LogP contribution in [0.1, 0.15) is 27.2 Å². The zero-order valence-electron chi connectivity index (χ0n) is 12.9. The van der Waals surface area contributed by atoms with Crippen molar-refractivity contribution in [2.24, 2.45) is 5.92 Å². The van der Waals surface area contributed by atoms with Crippen LogP contribution in [0.25, 0.3) is 0 Å². The molecule has 2 N–H and O–H groups in total. The van der Waals surface area contributed by atoms with Crippen molar-refractivity contribution in [2.75, 3.05) is 25.1 Å². The van der Waals surface area contributed by atoms with Gasteiger partial charge in [-0.25, -0.2) is 0 Å². The van der Waals surface area contributed by atoms with Crippen LogP contribution in [0.15, 0.2) is 18.2 Å². The third-order valence-electron chi connectivity index (χ3n) is 3.26. The van der Waals surface area contributed by atoms with E-state index in [0.717, 1.165) is 17.9 Å². The maximum Gasteiger partial charge on any atom is 0.238 e. The molecule has 0 spiro atoms. The summed E-state index contributed by atoms with van der Waals surface area (Å²) in [5.41, 5.74) is 0.725. The molecule has 1 aromatic rings. The topological polar surface area (TPSA) is 59.6 Å². The molecule has 1 aliphatic rings. The summed E-state index contributed by atoms with van der Waals surface area (Å²) in [7, 11) is 0. The number of hydrogen-bond acceptors (Lipinski definition) is 4. The monoisotopic (exact) mass is 292 g/mol. The van der Waals surface area contributed by atoms with Crippen molar-refractivity contribution in [3.63, 3.8) is 0 Å². The fourth-order valence-corrected chi connectivity index (χ4v) is 2.38. The maximum atomic E-state index is 11.9. The Kier molecular flexibility index (Phi) is 5.44. The van der Waals surface area contributed by atoms with Crippen LogP contribution in [0.2, 0.25) is 0 Å². The highest BCUT2D eigenvalue weighted by Gasteiger charge is 2.13. The van der Waals surface area contributed by atoms with Gasteiger partial charge in [0.25, 0.3) is 0 Å². The quantitative estimate of drug-likeness (QED) is 0.845. The molecule has 5 nitrogen and oxygen atoms in total. The summed E-state index contributed by atoms with van der Waals surface area (Å²) in [6.45, 7) is 7.86. The molecule has 1 amide bonds. The largest absolute Gasteiger partial charge is 0.486 e. The Morgan fingerprint density at radius 1 is 1.19 bits per heavy atom. The van der Waals surface area contributed by atoms with Gasteiger partial charge in [0.2, 0.25) is 5.91 Å². The van der Waals surface area contributed by atoms with Gasteiger partial charge < -0.3 is 20.1 Å². The summed E-state index contributed by atoms with van der Waals surface area (Å²) >= 11 is 0. The predicted molar refractivity (Wildman–Crippen MR) is 83.0 cm³/mol. The van der Waals surface area contributed by atoms with Gasteiger partial charge in [-0.3, -0.25) is 4.79 Å². The van der Waals surface area contributed by atoms with E-state index in [9.17, 15) is 4.79 Å². The standard InChI is InChI=1S/C16H24N2O3/c1-11(2)8-12(3)17-10-16(19)18-13-4-5-14-15(9-13)21-7-6-20-14/h4-5,9,11-12,17H,6-8,10H2,1-3H3,(H,18,19). The van der Waals surface area contributed by atoms with E-state index in [0.29, 0.717) is 37.5 Å². The van der Waals surface area contributed by atoms with Crippen LogP contribution >= 0.6 is 0 Å². The fraction of sp³-hybridized carbons (Fsp3) is 0.562. The zero-order chi connectivity index (χ0) is 15.2. The van der Waals surface area contributed by atoms with Crippen molar-refractivity contribution in [3.05, 3.63) is 18.2 Å². The third kappa shape index (κ3) is 4.93. The van der Waals surface area contributed by atoms with Gasteiger partial charge in [-0.15, -0.1) is 0 Å². The summed E-state index contributed by atoms with van der Waals surface area (Å²) in [6.07, 6.45) is 1.05. The van der Waals surface area contributed by atoms with Crippen LogP contribution < -0.4 is 20.1 Å². The number of benzene rings is 1. The van der Waals surface area contributed by atoms with Gasteiger partial charge >= 0.3 is 0 Å². The summed E-state index contributed by atoms with van der Waals surface area (Å²) in [4.78, 5) is 11.9. The van der Waals surface area contributed by atoms with Crippen LogP contribution in [0.3, 0.4) is 0 Å². The number of fused-ring (bicyclic) bond motifs is 1. The Bertz CT molecular complexity index is 488. The molecule has 116 valence electrons. The molecule has 1 atom stereocenters. The van der Waals surface area contributed by atoms with E-state index >= 15 is 0 Å². The lowest BCUT2D eigenvalue weighted by Crippen LogP contribution is -2.35. The average molecular weight is 292 g/mol. The van der Waals surface area contributed by atoms with Crippen LogP contribution in [-0.4, -0.2) is 31.7 Å². The third-order valence-corrected chi connectivity index (χ3v) is 3.26. The number of ether oxygens (including phenoxy) is 2. The van der Waals surface area contributed by atoms with Gasteiger partial charge in [-0.1, -0.05) is 13.8 Å². The average Bonchev–Trinajstić information content (AvgIpc) is 2.44. The molecule has 1 heterocycles. The highest BCUT2D eigenvalue weighted by Crippen LogP contribution is 2.32. The molecule has 0 aromatic heterocycles. The van der Waals surface area contributed by atoms with Gasteiger partial charge in [0, 0.05) is 17.8 Å². The predicted octanol–water partition coefficient (Wildman–Crippen LogP) is 2.42. The lowest BCUT2D eigenvalue weighted by molar-refractivity contribution is -0.115. The molecule has 2 rings (SSSR count). The summed E-state index contributed by atoms with van der Waals surface area (Å²) < 4.78 is 10.9. The summed E-state index contributed by atoms with van der Waals surface area (Å²) in [6, 6.07) is 5.77. The van der Waals surface area contributed by atoms with Gasteiger partial charge in [0.15, 0.2) is 11.5 Å². The minimum atomic E-state index is -0.0534. The molecule has 0 saturated heterocycles. The second kappa shape index (κ2) is 7.31. The van der Waals surface area contributed by atoms with Crippen molar-refractivity contribution < 1.29 is 14.3 Å². The van der Waals surface area contributed by atoms with E-state index < -0.39 is 0 Å². The van der Waals surface area contributed by atoms with E-state index in [-0.39, 0.29) is 5.91 Å². The minimum absolute atomic E-state index is 0.0534. The first-order chi connectivity index (χ1) is 10.0. The number of rotatable bonds is 6. The normalized spacial score (nSPS) is 14.9. The molecule has 0 fully saturated rings. The van der Waals surface area contributed by atoms with Crippen LogP contribution in [0.4, 0.5) is 5.69 Å². The van der Waals surface area contributed by atoms with Crippen LogP contribution in [-0.2, 0) is 4.79 Å². The van der Waals surface area contributed by atoms with Crippen molar-refractivity contribution in [1.82, 2.24) is 5.32 Å². The first-order valence-corrected chi connectivity index (χ1v) is 7.47. The second-order valence-electron chi connectivity index (χ2n) is 5.82. The second-order valence-corrected chi connectivity index (χ2v) is 5.82. The highest BCUT2D eigenvalue weighted by atomic mass is 16.6. The Morgan fingerprint density at radius 3 is 2.62 bits per heavy atom. The Hall–Kier alpha value is -1.75. The van der Waals surface area contributed by atoms with Gasteiger partial charge in [0.05, 0.1) is 6.54 Å². The van der Waals surface area contributed by atoms with Crippen LogP contribution in [0.5, 0.6) is 11.5 Å². The van der Waals surface area contributed by atoms with E-state index in [1.165, 1.54) is 0 Å². The SMILES string of the molecule is CC(C)CC(C)NCC(=O)Nc1ccc2c(c1)OCCO2. The lowest BCUT2D eigenvalue weighted by atomic mass is 10.1. The van der Waals surface area contributed by atoms with Crippen molar-refractivity contribution in [3.8, 4) is 11.5 Å². The lowest BCUT2D eigenvalue weighted by Gasteiger charge is -2.19. The van der Waals surface area contributed by atoms with E-state index in [1.54, 1.807) is 6.07 Å². The summed E-state index contributed by atoms with van der Waals surface area (Å²) in [5, 5.41) is 6.09. The number of nitrogens with one attached hydrogen (secondary N) is 2. The van der Waals surface area contributed by atoms with Crippen LogP contribution in [0, 0.1) is 5.92 Å². The van der Waals surface area contributed by atoms with Crippen molar-refractivity contribution in [2.45, 2.75) is 33.2 Å². The molecule has 0 bridgehead atoms. The first kappa shape index (κ1) is 15.6. The molecule has 0 radical (unpaired) electrons. The number of carbonyl (C=O) groups is 1. The van der Waals surface area contributed by atoms with Gasteiger partial charge in [-0.05, 0) is 31.4 Å².